The third-order valence-corrected chi connectivity index (χ3v) is 3.82. The molecule has 1 aromatic rings. The molecule has 1 aliphatic rings. The number of amides is 1. The normalized spacial score (nSPS) is 17.9. The number of halogens is 2. The highest BCUT2D eigenvalue weighted by atomic mass is 35.5. The summed E-state index contributed by atoms with van der Waals surface area (Å²) >= 11 is 5.66. The summed E-state index contributed by atoms with van der Waals surface area (Å²) < 4.78 is 13.7. The van der Waals surface area contributed by atoms with Gasteiger partial charge in [0.15, 0.2) is 0 Å². The molecule has 1 fully saturated rings. The van der Waals surface area contributed by atoms with Gasteiger partial charge >= 0.3 is 0 Å². The first kappa shape index (κ1) is 13.8. The minimum absolute atomic E-state index is 0.0324. The maximum atomic E-state index is 13.7. The molecule has 0 unspecified atom stereocenters. The van der Waals surface area contributed by atoms with Gasteiger partial charge in [-0.25, -0.2) is 4.39 Å². The van der Waals surface area contributed by atoms with E-state index < -0.39 is 5.82 Å². The van der Waals surface area contributed by atoms with E-state index in [1.807, 2.05) is 6.92 Å². The number of nitriles is 1. The van der Waals surface area contributed by atoms with Crippen LogP contribution < -0.4 is 0 Å². The topological polar surface area (TPSA) is 44.1 Å². The zero-order valence-electron chi connectivity index (χ0n) is 10.6. The van der Waals surface area contributed by atoms with E-state index in [1.54, 1.807) is 4.90 Å². The van der Waals surface area contributed by atoms with E-state index in [0.29, 0.717) is 25.9 Å². The van der Waals surface area contributed by atoms with E-state index in [0.717, 1.165) is 6.07 Å². The van der Waals surface area contributed by atoms with E-state index >= 15 is 0 Å². The van der Waals surface area contributed by atoms with Gasteiger partial charge in [0.25, 0.3) is 5.91 Å². The number of carbonyl (C=O) groups excluding carboxylic acids is 1. The van der Waals surface area contributed by atoms with Crippen LogP contribution in [0.5, 0.6) is 0 Å². The van der Waals surface area contributed by atoms with Crippen molar-refractivity contribution in [2.24, 2.45) is 5.41 Å². The Hall–Kier alpha value is -1.60. The zero-order valence-corrected chi connectivity index (χ0v) is 11.4. The Bertz CT molecular complexity index is 545. The van der Waals surface area contributed by atoms with E-state index in [-0.39, 0.29) is 21.9 Å². The lowest BCUT2D eigenvalue weighted by molar-refractivity contribution is 0.0657. The summed E-state index contributed by atoms with van der Waals surface area (Å²) in [5, 5.41) is 9.31. The van der Waals surface area contributed by atoms with Gasteiger partial charge in [0.1, 0.15) is 5.82 Å². The van der Waals surface area contributed by atoms with Crippen LogP contribution in [0.25, 0.3) is 0 Å². The molecule has 19 heavy (non-hydrogen) atoms. The Morgan fingerprint density at radius 3 is 2.63 bits per heavy atom. The lowest BCUT2D eigenvalue weighted by Crippen LogP contribution is -2.41. The molecule has 0 N–H and O–H groups in total. The number of likely N-dealkylation sites (tertiary alicyclic amines) is 1. The van der Waals surface area contributed by atoms with E-state index in [9.17, 15) is 9.18 Å². The molecule has 0 bridgehead atoms. The number of rotatable bonds is 1. The average Bonchev–Trinajstić information content (AvgIpc) is 2.39. The fraction of sp³-hybridized carbons (Fsp3) is 0.429. The standard InChI is InChI=1S/C14H14ClFN2O/c1-14(9-17)4-6-18(7-5-14)13(19)11-3-2-10(15)8-12(11)16/h2-3,8H,4-7H2,1H3. The molecule has 1 heterocycles. The van der Waals surface area contributed by atoms with Crippen molar-refractivity contribution in [1.29, 1.82) is 5.26 Å². The molecule has 0 aromatic heterocycles. The maximum Gasteiger partial charge on any atom is 0.256 e. The summed E-state index contributed by atoms with van der Waals surface area (Å²) in [4.78, 5) is 13.8. The highest BCUT2D eigenvalue weighted by molar-refractivity contribution is 6.30. The summed E-state index contributed by atoms with van der Waals surface area (Å²) in [6, 6.07) is 6.31. The molecule has 0 aliphatic carbocycles. The smallest absolute Gasteiger partial charge is 0.256 e. The van der Waals surface area contributed by atoms with Gasteiger partial charge < -0.3 is 4.90 Å². The molecule has 2 rings (SSSR count). The summed E-state index contributed by atoms with van der Waals surface area (Å²) in [7, 11) is 0. The number of carbonyl (C=O) groups is 1. The van der Waals surface area contributed by atoms with Crippen LogP contribution >= 0.6 is 11.6 Å². The van der Waals surface area contributed by atoms with Crippen molar-refractivity contribution in [3.63, 3.8) is 0 Å². The SMILES string of the molecule is CC1(C#N)CCN(C(=O)c2ccc(Cl)cc2F)CC1. The van der Waals surface area contributed by atoms with E-state index in [2.05, 4.69) is 6.07 Å². The van der Waals surface area contributed by atoms with Crippen molar-refractivity contribution in [2.75, 3.05) is 13.1 Å². The van der Waals surface area contributed by atoms with Crippen molar-refractivity contribution in [3.8, 4) is 6.07 Å². The Balaban J connectivity index is 2.12. The molecule has 0 radical (unpaired) electrons. The van der Waals surface area contributed by atoms with Crippen molar-refractivity contribution < 1.29 is 9.18 Å². The fourth-order valence-corrected chi connectivity index (χ4v) is 2.31. The monoisotopic (exact) mass is 280 g/mol. The summed E-state index contributed by atoms with van der Waals surface area (Å²) in [5.41, 5.74) is -0.347. The first-order chi connectivity index (χ1) is 8.95. The van der Waals surface area contributed by atoms with Gasteiger partial charge in [0, 0.05) is 18.1 Å². The van der Waals surface area contributed by atoms with Crippen LogP contribution in [0.2, 0.25) is 5.02 Å². The molecule has 0 saturated carbocycles. The number of hydrogen-bond donors (Lipinski definition) is 0. The molecular formula is C14H14ClFN2O. The molecule has 0 spiro atoms. The number of benzene rings is 1. The van der Waals surface area contributed by atoms with Gasteiger partial charge in [-0.2, -0.15) is 5.26 Å². The van der Waals surface area contributed by atoms with Crippen LogP contribution in [0.3, 0.4) is 0 Å². The second-order valence-corrected chi connectivity index (χ2v) is 5.53. The van der Waals surface area contributed by atoms with E-state index in [4.69, 9.17) is 16.9 Å². The first-order valence-corrected chi connectivity index (χ1v) is 6.48. The molecule has 5 heteroatoms. The van der Waals surface area contributed by atoms with Gasteiger partial charge in [-0.05, 0) is 38.0 Å². The van der Waals surface area contributed by atoms with Crippen molar-refractivity contribution in [3.05, 3.63) is 34.6 Å². The van der Waals surface area contributed by atoms with Gasteiger partial charge in [-0.1, -0.05) is 11.6 Å². The molecule has 1 saturated heterocycles. The molecule has 100 valence electrons. The van der Waals surface area contributed by atoms with Crippen LogP contribution in [0, 0.1) is 22.6 Å². The van der Waals surface area contributed by atoms with Crippen molar-refractivity contribution >= 4 is 17.5 Å². The molecule has 3 nitrogen and oxygen atoms in total. The van der Waals surface area contributed by atoms with Gasteiger partial charge in [0.05, 0.1) is 17.0 Å². The third kappa shape index (κ3) is 2.87. The van der Waals surface area contributed by atoms with Gasteiger partial charge in [0.2, 0.25) is 0 Å². The fourth-order valence-electron chi connectivity index (χ4n) is 2.15. The van der Waals surface area contributed by atoms with Crippen molar-refractivity contribution in [2.45, 2.75) is 19.8 Å². The first-order valence-electron chi connectivity index (χ1n) is 6.11. The van der Waals surface area contributed by atoms with Gasteiger partial charge in [-0.3, -0.25) is 4.79 Å². The quantitative estimate of drug-likeness (QED) is 0.793. The Morgan fingerprint density at radius 1 is 1.47 bits per heavy atom. The lowest BCUT2D eigenvalue weighted by Gasteiger charge is -2.35. The predicted molar refractivity (Wildman–Crippen MR) is 70.3 cm³/mol. The van der Waals surface area contributed by atoms with Crippen LogP contribution in [0.1, 0.15) is 30.1 Å². The molecule has 1 amide bonds. The van der Waals surface area contributed by atoms with E-state index in [1.165, 1.54) is 12.1 Å². The van der Waals surface area contributed by atoms with Crippen LogP contribution in [-0.2, 0) is 0 Å². The summed E-state index contributed by atoms with van der Waals surface area (Å²) in [5.74, 6) is -0.944. The average molecular weight is 281 g/mol. The number of piperidine rings is 1. The highest BCUT2D eigenvalue weighted by Crippen LogP contribution is 2.30. The second-order valence-electron chi connectivity index (χ2n) is 5.09. The largest absolute Gasteiger partial charge is 0.338 e. The summed E-state index contributed by atoms with van der Waals surface area (Å²) in [6.45, 7) is 2.84. The predicted octanol–water partition coefficient (Wildman–Crippen LogP) is 3.24. The third-order valence-electron chi connectivity index (χ3n) is 3.59. The van der Waals surface area contributed by atoms with Crippen LogP contribution in [0.4, 0.5) is 4.39 Å². The molecule has 1 aliphatic heterocycles. The summed E-state index contributed by atoms with van der Waals surface area (Å²) in [6.07, 6.45) is 1.23. The molecule has 1 aromatic carbocycles. The highest BCUT2D eigenvalue weighted by Gasteiger charge is 2.32. The minimum Gasteiger partial charge on any atom is -0.338 e. The number of hydrogen-bond acceptors (Lipinski definition) is 2. The Morgan fingerprint density at radius 2 is 2.11 bits per heavy atom. The number of nitrogens with zero attached hydrogens (tertiary/aromatic N) is 2. The van der Waals surface area contributed by atoms with Crippen LogP contribution in [-0.4, -0.2) is 23.9 Å². The Labute approximate surface area is 116 Å². The lowest BCUT2D eigenvalue weighted by atomic mass is 9.82. The molecular weight excluding hydrogens is 267 g/mol. The minimum atomic E-state index is -0.605. The maximum absolute atomic E-state index is 13.7. The van der Waals surface area contributed by atoms with Crippen LogP contribution in [0.15, 0.2) is 18.2 Å². The second kappa shape index (κ2) is 5.18. The Kier molecular flexibility index (Phi) is 3.77. The van der Waals surface area contributed by atoms with Crippen molar-refractivity contribution in [1.82, 2.24) is 4.90 Å². The van der Waals surface area contributed by atoms with Gasteiger partial charge in [-0.15, -0.1) is 0 Å². The zero-order chi connectivity index (χ0) is 14.0. The molecule has 0 atom stereocenters.